The number of aliphatic hydroxyl groups excluding tert-OH is 1. The number of hydrogen-bond acceptors (Lipinski definition) is 3. The van der Waals surface area contributed by atoms with Crippen molar-refractivity contribution < 1.29 is 9.90 Å². The monoisotopic (exact) mass is 220 g/mol. The Kier molecular flexibility index (Phi) is 3.51. The van der Waals surface area contributed by atoms with Crippen molar-refractivity contribution >= 4 is 5.91 Å². The van der Waals surface area contributed by atoms with Gasteiger partial charge >= 0.3 is 0 Å². The van der Waals surface area contributed by atoms with Crippen molar-refractivity contribution in [3.05, 3.63) is 30.1 Å². The number of rotatable bonds is 4. The van der Waals surface area contributed by atoms with Crippen LogP contribution in [0.1, 0.15) is 18.5 Å². The van der Waals surface area contributed by atoms with Crippen LogP contribution in [0.25, 0.3) is 0 Å². The molecule has 2 N–H and O–H groups in total. The van der Waals surface area contributed by atoms with Gasteiger partial charge < -0.3 is 10.4 Å². The average molecular weight is 220 g/mol. The molecule has 1 aromatic heterocycles. The minimum Gasteiger partial charge on any atom is -0.393 e. The molecule has 1 heterocycles. The molecule has 0 unspecified atom stereocenters. The lowest BCUT2D eigenvalue weighted by molar-refractivity contribution is -0.121. The van der Waals surface area contributed by atoms with Crippen LogP contribution in [0.3, 0.4) is 0 Å². The van der Waals surface area contributed by atoms with Crippen molar-refractivity contribution in [2.45, 2.75) is 25.4 Å². The van der Waals surface area contributed by atoms with Gasteiger partial charge in [0.25, 0.3) is 0 Å². The predicted molar refractivity (Wildman–Crippen MR) is 59.7 cm³/mol. The quantitative estimate of drug-likeness (QED) is 0.777. The highest BCUT2D eigenvalue weighted by atomic mass is 16.3. The third-order valence-electron chi connectivity index (χ3n) is 2.87. The van der Waals surface area contributed by atoms with Gasteiger partial charge in [-0.05, 0) is 30.9 Å². The van der Waals surface area contributed by atoms with E-state index in [1.807, 2.05) is 18.2 Å². The molecule has 0 spiro atoms. The molecule has 0 aromatic carbocycles. The third kappa shape index (κ3) is 3.03. The number of aromatic nitrogens is 1. The summed E-state index contributed by atoms with van der Waals surface area (Å²) in [6.45, 7) is 0.669. The Hall–Kier alpha value is -1.42. The first-order chi connectivity index (χ1) is 7.74. The Morgan fingerprint density at radius 3 is 2.94 bits per heavy atom. The Balaban J connectivity index is 1.69. The number of pyridine rings is 1. The zero-order valence-corrected chi connectivity index (χ0v) is 9.10. The fourth-order valence-corrected chi connectivity index (χ4v) is 1.86. The van der Waals surface area contributed by atoms with Crippen LogP contribution in [0.2, 0.25) is 0 Å². The molecule has 86 valence electrons. The zero-order valence-electron chi connectivity index (χ0n) is 9.10. The normalized spacial score (nSPS) is 23.6. The van der Waals surface area contributed by atoms with Crippen molar-refractivity contribution in [1.29, 1.82) is 0 Å². The molecule has 0 aliphatic heterocycles. The van der Waals surface area contributed by atoms with Gasteiger partial charge in [0.05, 0.1) is 12.5 Å². The van der Waals surface area contributed by atoms with Gasteiger partial charge in [0.15, 0.2) is 0 Å². The minimum atomic E-state index is -0.155. The summed E-state index contributed by atoms with van der Waals surface area (Å²) in [6.07, 6.45) is 3.48. The van der Waals surface area contributed by atoms with Crippen LogP contribution in [-0.2, 0) is 11.2 Å². The first-order valence-corrected chi connectivity index (χ1v) is 5.58. The largest absolute Gasteiger partial charge is 0.393 e. The van der Waals surface area contributed by atoms with E-state index < -0.39 is 0 Å². The SMILES string of the molecule is O=C(Cc1ccccn1)NCC1CC(O)C1. The second-order valence-electron chi connectivity index (χ2n) is 4.29. The van der Waals surface area contributed by atoms with Gasteiger partial charge in [-0.1, -0.05) is 6.07 Å². The van der Waals surface area contributed by atoms with Crippen molar-refractivity contribution in [2.24, 2.45) is 5.92 Å². The maximum Gasteiger partial charge on any atom is 0.226 e. The lowest BCUT2D eigenvalue weighted by Crippen LogP contribution is -2.38. The molecule has 16 heavy (non-hydrogen) atoms. The minimum absolute atomic E-state index is 0.0000831. The van der Waals surface area contributed by atoms with Crippen molar-refractivity contribution in [2.75, 3.05) is 6.54 Å². The molecule has 4 nitrogen and oxygen atoms in total. The molecule has 1 aliphatic rings. The van der Waals surface area contributed by atoms with Crippen molar-refractivity contribution in [3.8, 4) is 0 Å². The van der Waals surface area contributed by atoms with Gasteiger partial charge in [-0.3, -0.25) is 9.78 Å². The maximum absolute atomic E-state index is 11.5. The van der Waals surface area contributed by atoms with Gasteiger partial charge in [0.2, 0.25) is 5.91 Å². The highest BCUT2D eigenvalue weighted by molar-refractivity contribution is 5.78. The van der Waals surface area contributed by atoms with Crippen LogP contribution in [0.4, 0.5) is 0 Å². The predicted octanol–water partition coefficient (Wildman–Crippen LogP) is 0.511. The van der Waals surface area contributed by atoms with Gasteiger partial charge in [-0.15, -0.1) is 0 Å². The number of carbonyl (C=O) groups is 1. The van der Waals surface area contributed by atoms with Gasteiger partial charge in [-0.2, -0.15) is 0 Å². The number of amides is 1. The molecule has 0 saturated heterocycles. The van der Waals surface area contributed by atoms with E-state index in [1.54, 1.807) is 6.20 Å². The molecule has 0 atom stereocenters. The summed E-state index contributed by atoms with van der Waals surface area (Å²) in [5, 5.41) is 12.0. The van der Waals surface area contributed by atoms with E-state index in [0.29, 0.717) is 18.9 Å². The van der Waals surface area contributed by atoms with Crippen LogP contribution >= 0.6 is 0 Å². The number of nitrogens with zero attached hydrogens (tertiary/aromatic N) is 1. The van der Waals surface area contributed by atoms with Crippen molar-refractivity contribution in [1.82, 2.24) is 10.3 Å². The fourth-order valence-electron chi connectivity index (χ4n) is 1.86. The van der Waals surface area contributed by atoms with Crippen LogP contribution in [0.5, 0.6) is 0 Å². The molecule has 0 radical (unpaired) electrons. The maximum atomic E-state index is 11.5. The third-order valence-corrected chi connectivity index (χ3v) is 2.87. The first-order valence-electron chi connectivity index (χ1n) is 5.58. The van der Waals surface area contributed by atoms with E-state index in [0.717, 1.165) is 18.5 Å². The van der Waals surface area contributed by atoms with Gasteiger partial charge in [0.1, 0.15) is 0 Å². The van der Waals surface area contributed by atoms with Crippen LogP contribution in [0.15, 0.2) is 24.4 Å². The average Bonchev–Trinajstić information content (AvgIpc) is 2.24. The number of aliphatic hydroxyl groups is 1. The highest BCUT2D eigenvalue weighted by Crippen LogP contribution is 2.25. The summed E-state index contributed by atoms with van der Waals surface area (Å²) < 4.78 is 0. The second-order valence-corrected chi connectivity index (χ2v) is 4.29. The molecular weight excluding hydrogens is 204 g/mol. The molecule has 4 heteroatoms. The molecule has 2 rings (SSSR count). The molecule has 1 saturated carbocycles. The Labute approximate surface area is 94.7 Å². The molecule has 0 bridgehead atoms. The smallest absolute Gasteiger partial charge is 0.226 e. The molecule has 1 aromatic rings. The fraction of sp³-hybridized carbons (Fsp3) is 0.500. The summed E-state index contributed by atoms with van der Waals surface area (Å²) in [7, 11) is 0. The summed E-state index contributed by atoms with van der Waals surface area (Å²) in [6, 6.07) is 5.54. The number of hydrogen-bond donors (Lipinski definition) is 2. The Bertz CT molecular complexity index is 347. The molecule has 1 fully saturated rings. The lowest BCUT2D eigenvalue weighted by Gasteiger charge is -2.31. The van der Waals surface area contributed by atoms with E-state index in [9.17, 15) is 4.79 Å². The van der Waals surface area contributed by atoms with Crippen LogP contribution in [0, 0.1) is 5.92 Å². The molecular formula is C12H16N2O2. The van der Waals surface area contributed by atoms with Gasteiger partial charge in [0, 0.05) is 18.4 Å². The second kappa shape index (κ2) is 5.07. The zero-order chi connectivity index (χ0) is 11.4. The van der Waals surface area contributed by atoms with Crippen LogP contribution in [-0.4, -0.2) is 28.6 Å². The van der Waals surface area contributed by atoms with E-state index in [1.165, 1.54) is 0 Å². The summed E-state index contributed by atoms with van der Waals surface area (Å²) in [5.74, 6) is 0.447. The standard InChI is InChI=1S/C12H16N2O2/c15-11-5-9(6-11)8-14-12(16)7-10-3-1-2-4-13-10/h1-4,9,11,15H,5-8H2,(H,14,16). The Morgan fingerprint density at radius 2 is 2.31 bits per heavy atom. The van der Waals surface area contributed by atoms with Crippen LogP contribution < -0.4 is 5.32 Å². The highest BCUT2D eigenvalue weighted by Gasteiger charge is 2.27. The molecule has 1 amide bonds. The first kappa shape index (κ1) is 11.1. The van der Waals surface area contributed by atoms with E-state index in [2.05, 4.69) is 10.3 Å². The molecule has 1 aliphatic carbocycles. The van der Waals surface area contributed by atoms with Crippen molar-refractivity contribution in [3.63, 3.8) is 0 Å². The number of nitrogens with one attached hydrogen (secondary N) is 1. The van der Waals surface area contributed by atoms with E-state index in [4.69, 9.17) is 5.11 Å². The topological polar surface area (TPSA) is 62.2 Å². The summed E-state index contributed by atoms with van der Waals surface area (Å²) >= 11 is 0. The Morgan fingerprint density at radius 1 is 1.50 bits per heavy atom. The summed E-state index contributed by atoms with van der Waals surface area (Å²) in [5.41, 5.74) is 0.786. The van der Waals surface area contributed by atoms with E-state index >= 15 is 0 Å². The number of carbonyl (C=O) groups excluding carboxylic acids is 1. The van der Waals surface area contributed by atoms with Gasteiger partial charge in [-0.25, -0.2) is 0 Å². The van der Waals surface area contributed by atoms with E-state index in [-0.39, 0.29) is 12.0 Å². The lowest BCUT2D eigenvalue weighted by atomic mass is 9.82. The summed E-state index contributed by atoms with van der Waals surface area (Å²) in [4.78, 5) is 15.6.